The molecule has 0 aliphatic carbocycles. The van der Waals surface area contributed by atoms with E-state index in [9.17, 15) is 14.3 Å². The van der Waals surface area contributed by atoms with Gasteiger partial charge in [0.1, 0.15) is 5.82 Å². The molecule has 0 saturated carbocycles. The van der Waals surface area contributed by atoms with Crippen molar-refractivity contribution in [3.63, 3.8) is 0 Å². The summed E-state index contributed by atoms with van der Waals surface area (Å²) >= 11 is 0. The van der Waals surface area contributed by atoms with E-state index in [4.69, 9.17) is 5.73 Å². The van der Waals surface area contributed by atoms with Gasteiger partial charge >= 0.3 is 5.97 Å². The first kappa shape index (κ1) is 14.5. The van der Waals surface area contributed by atoms with E-state index in [0.29, 0.717) is 17.2 Å². The van der Waals surface area contributed by atoms with Gasteiger partial charge in [0.2, 0.25) is 0 Å². The molecule has 100 valence electrons. The topological polar surface area (TPSA) is 63.3 Å². The number of halogens is 1. The second-order valence-corrected chi connectivity index (χ2v) is 5.20. The lowest BCUT2D eigenvalue weighted by molar-refractivity contribution is -0.140. The highest BCUT2D eigenvalue weighted by atomic mass is 19.1. The second kappa shape index (κ2) is 5.85. The van der Waals surface area contributed by atoms with E-state index >= 15 is 0 Å². The van der Waals surface area contributed by atoms with Crippen LogP contribution in [0.15, 0.2) is 18.2 Å². The van der Waals surface area contributed by atoms with Gasteiger partial charge in [0.15, 0.2) is 0 Å². The molecular weight excluding hydrogens is 233 g/mol. The molecule has 2 atom stereocenters. The SMILES string of the molecule is CC(C)CC(C)C(C(=O)O)c1cc(F)ccc1N. The summed E-state index contributed by atoms with van der Waals surface area (Å²) in [6, 6.07) is 3.89. The normalized spacial score (nSPS) is 14.5. The zero-order valence-electron chi connectivity index (χ0n) is 11.0. The number of carbonyl (C=O) groups is 1. The van der Waals surface area contributed by atoms with Crippen LogP contribution in [0.5, 0.6) is 0 Å². The smallest absolute Gasteiger partial charge is 0.311 e. The lowest BCUT2D eigenvalue weighted by atomic mass is 9.81. The zero-order chi connectivity index (χ0) is 13.9. The quantitative estimate of drug-likeness (QED) is 0.792. The molecule has 18 heavy (non-hydrogen) atoms. The van der Waals surface area contributed by atoms with Gasteiger partial charge < -0.3 is 10.8 Å². The number of rotatable bonds is 5. The Morgan fingerprint density at radius 1 is 1.39 bits per heavy atom. The van der Waals surface area contributed by atoms with E-state index < -0.39 is 17.7 Å². The van der Waals surface area contributed by atoms with Crippen molar-refractivity contribution in [2.45, 2.75) is 33.1 Å². The van der Waals surface area contributed by atoms with Gasteiger partial charge in [0.05, 0.1) is 5.92 Å². The Morgan fingerprint density at radius 2 is 2.00 bits per heavy atom. The summed E-state index contributed by atoms with van der Waals surface area (Å²) in [5.41, 5.74) is 6.47. The zero-order valence-corrected chi connectivity index (χ0v) is 11.0. The first-order valence-electron chi connectivity index (χ1n) is 6.10. The van der Waals surface area contributed by atoms with E-state index in [1.807, 2.05) is 20.8 Å². The summed E-state index contributed by atoms with van der Waals surface area (Å²) in [7, 11) is 0. The lowest BCUT2D eigenvalue weighted by Crippen LogP contribution is -2.22. The molecule has 0 amide bonds. The molecule has 0 aliphatic heterocycles. The van der Waals surface area contributed by atoms with Crippen LogP contribution in [0.4, 0.5) is 10.1 Å². The van der Waals surface area contributed by atoms with Crippen LogP contribution in [0.2, 0.25) is 0 Å². The molecule has 0 heterocycles. The summed E-state index contributed by atoms with van der Waals surface area (Å²) in [4.78, 5) is 11.4. The summed E-state index contributed by atoms with van der Waals surface area (Å²) in [6.07, 6.45) is 0.757. The third kappa shape index (κ3) is 3.45. The molecule has 0 aromatic heterocycles. The maximum Gasteiger partial charge on any atom is 0.311 e. The van der Waals surface area contributed by atoms with E-state index in [-0.39, 0.29) is 5.92 Å². The molecule has 0 spiro atoms. The fourth-order valence-corrected chi connectivity index (χ4v) is 2.38. The number of nitrogens with two attached hydrogens (primary N) is 1. The van der Waals surface area contributed by atoms with Crippen LogP contribution in [0, 0.1) is 17.7 Å². The standard InChI is InChI=1S/C14H20FNO2/c1-8(2)6-9(3)13(14(17)18)11-7-10(15)4-5-12(11)16/h4-5,7-9,13H,6,16H2,1-3H3,(H,17,18). The van der Waals surface area contributed by atoms with Gasteiger partial charge in [0, 0.05) is 5.69 Å². The number of hydrogen-bond donors (Lipinski definition) is 2. The maximum absolute atomic E-state index is 13.2. The largest absolute Gasteiger partial charge is 0.481 e. The minimum Gasteiger partial charge on any atom is -0.481 e. The van der Waals surface area contributed by atoms with Crippen molar-refractivity contribution in [2.75, 3.05) is 5.73 Å². The Kier molecular flexibility index (Phi) is 4.70. The number of nitrogen functional groups attached to an aromatic ring is 1. The predicted molar refractivity (Wildman–Crippen MR) is 69.8 cm³/mol. The number of hydrogen-bond acceptors (Lipinski definition) is 2. The molecule has 0 fully saturated rings. The first-order valence-corrected chi connectivity index (χ1v) is 6.10. The van der Waals surface area contributed by atoms with Crippen molar-refractivity contribution in [2.24, 2.45) is 11.8 Å². The summed E-state index contributed by atoms with van der Waals surface area (Å²) in [5.74, 6) is -1.88. The van der Waals surface area contributed by atoms with Crippen LogP contribution in [0.25, 0.3) is 0 Å². The molecular formula is C14H20FNO2. The molecule has 3 nitrogen and oxygen atoms in total. The minimum absolute atomic E-state index is 0.0911. The van der Waals surface area contributed by atoms with Gasteiger partial charge in [-0.15, -0.1) is 0 Å². The number of anilines is 1. The van der Waals surface area contributed by atoms with E-state index in [1.165, 1.54) is 18.2 Å². The highest BCUT2D eigenvalue weighted by Crippen LogP contribution is 2.33. The predicted octanol–water partition coefficient (Wildman–Crippen LogP) is 3.26. The third-order valence-electron chi connectivity index (χ3n) is 3.06. The second-order valence-electron chi connectivity index (χ2n) is 5.20. The van der Waals surface area contributed by atoms with Crippen molar-refractivity contribution in [1.29, 1.82) is 0 Å². The van der Waals surface area contributed by atoms with Gasteiger partial charge in [-0.25, -0.2) is 4.39 Å². The third-order valence-corrected chi connectivity index (χ3v) is 3.06. The van der Waals surface area contributed by atoms with Gasteiger partial charge in [-0.05, 0) is 42.0 Å². The van der Waals surface area contributed by atoms with Crippen LogP contribution in [-0.4, -0.2) is 11.1 Å². The molecule has 2 unspecified atom stereocenters. The first-order chi connectivity index (χ1) is 8.32. The molecule has 0 saturated heterocycles. The van der Waals surface area contributed by atoms with Gasteiger partial charge in [0.25, 0.3) is 0 Å². The molecule has 1 aromatic rings. The molecule has 1 rings (SSSR count). The molecule has 0 bridgehead atoms. The van der Waals surface area contributed by atoms with Crippen molar-refractivity contribution in [3.8, 4) is 0 Å². The Morgan fingerprint density at radius 3 is 2.50 bits per heavy atom. The Hall–Kier alpha value is -1.58. The summed E-state index contributed by atoms with van der Waals surface area (Å²) in [5, 5.41) is 9.35. The van der Waals surface area contributed by atoms with Crippen LogP contribution >= 0.6 is 0 Å². The molecule has 0 aliphatic rings. The van der Waals surface area contributed by atoms with Gasteiger partial charge in [-0.3, -0.25) is 4.79 Å². The number of benzene rings is 1. The van der Waals surface area contributed by atoms with Crippen LogP contribution in [0.1, 0.15) is 38.7 Å². The summed E-state index contributed by atoms with van der Waals surface area (Å²) < 4.78 is 13.2. The summed E-state index contributed by atoms with van der Waals surface area (Å²) in [6.45, 7) is 5.93. The highest BCUT2D eigenvalue weighted by molar-refractivity contribution is 5.79. The van der Waals surface area contributed by atoms with Crippen LogP contribution in [0.3, 0.4) is 0 Å². The maximum atomic E-state index is 13.2. The van der Waals surface area contributed by atoms with E-state index in [1.54, 1.807) is 0 Å². The molecule has 3 N–H and O–H groups in total. The van der Waals surface area contributed by atoms with Crippen molar-refractivity contribution in [1.82, 2.24) is 0 Å². The Balaban J connectivity index is 3.12. The van der Waals surface area contributed by atoms with Crippen LogP contribution < -0.4 is 5.73 Å². The van der Waals surface area contributed by atoms with E-state index in [2.05, 4.69) is 0 Å². The average molecular weight is 253 g/mol. The van der Waals surface area contributed by atoms with Crippen LogP contribution in [-0.2, 0) is 4.79 Å². The highest BCUT2D eigenvalue weighted by Gasteiger charge is 2.29. The van der Waals surface area contributed by atoms with Crippen molar-refractivity contribution >= 4 is 11.7 Å². The van der Waals surface area contributed by atoms with Gasteiger partial charge in [-0.2, -0.15) is 0 Å². The monoisotopic (exact) mass is 253 g/mol. The number of carboxylic acids is 1. The fourth-order valence-electron chi connectivity index (χ4n) is 2.38. The van der Waals surface area contributed by atoms with E-state index in [0.717, 1.165) is 6.42 Å². The fraction of sp³-hybridized carbons (Fsp3) is 0.500. The number of carboxylic acid groups (broad SMARTS) is 1. The average Bonchev–Trinajstić information content (AvgIpc) is 2.21. The molecule has 4 heteroatoms. The molecule has 1 aromatic carbocycles. The number of aliphatic carboxylic acids is 1. The Labute approximate surface area is 107 Å². The van der Waals surface area contributed by atoms with Crippen molar-refractivity contribution < 1.29 is 14.3 Å². The minimum atomic E-state index is -0.958. The Bertz CT molecular complexity index is 432. The molecule has 0 radical (unpaired) electrons. The van der Waals surface area contributed by atoms with Gasteiger partial charge in [-0.1, -0.05) is 20.8 Å². The lowest BCUT2D eigenvalue weighted by Gasteiger charge is -2.23. The van der Waals surface area contributed by atoms with Crippen molar-refractivity contribution in [3.05, 3.63) is 29.6 Å².